The van der Waals surface area contributed by atoms with Gasteiger partial charge in [0.05, 0.1) is 0 Å². The van der Waals surface area contributed by atoms with Crippen LogP contribution in [0.4, 0.5) is 4.39 Å². The highest BCUT2D eigenvalue weighted by Gasteiger charge is 2.33. The van der Waals surface area contributed by atoms with E-state index in [-0.39, 0.29) is 0 Å². The molecular formula is C6H7FO6S. The fraction of sp³-hybridized carbons (Fsp3) is 0.500. The van der Waals surface area contributed by atoms with Gasteiger partial charge >= 0.3 is 16.6 Å². The van der Waals surface area contributed by atoms with E-state index < -0.39 is 34.8 Å². The molecule has 80 valence electrons. The van der Waals surface area contributed by atoms with Gasteiger partial charge in [-0.05, 0) is 0 Å². The molecule has 0 aliphatic rings. The molecule has 2 unspecified atom stereocenters. The summed E-state index contributed by atoms with van der Waals surface area (Å²) in [5, 5.41) is 16.9. The molecule has 0 fully saturated rings. The highest BCUT2D eigenvalue weighted by molar-refractivity contribution is 7.87. The molecule has 0 rings (SSSR count). The van der Waals surface area contributed by atoms with E-state index in [1.165, 1.54) is 0 Å². The largest absolute Gasteiger partial charge is 0.384 e. The van der Waals surface area contributed by atoms with Crippen molar-refractivity contribution < 1.29 is 32.0 Å². The fourth-order valence-corrected chi connectivity index (χ4v) is 1.08. The molecule has 0 aliphatic carbocycles. The van der Waals surface area contributed by atoms with Crippen molar-refractivity contribution in [2.24, 2.45) is 0 Å². The Morgan fingerprint density at radius 3 is 2.57 bits per heavy atom. The zero-order chi connectivity index (χ0) is 11.2. The lowest BCUT2D eigenvalue weighted by Gasteiger charge is -2.08. The van der Waals surface area contributed by atoms with Gasteiger partial charge in [0.25, 0.3) is 5.50 Å². The van der Waals surface area contributed by atoms with E-state index in [9.17, 15) is 17.6 Å². The topological polar surface area (TPSA) is 101 Å². The maximum Gasteiger partial charge on any atom is 0.347 e. The molecule has 0 spiro atoms. The number of carbonyl (C=O) groups is 1. The first-order chi connectivity index (χ1) is 6.45. The molecule has 0 aromatic carbocycles. The molecule has 6 nitrogen and oxygen atoms in total. The molecule has 2 N–H and O–H groups in total. The van der Waals surface area contributed by atoms with Gasteiger partial charge in [-0.3, -0.25) is 4.79 Å². The summed E-state index contributed by atoms with van der Waals surface area (Å²) in [5.74, 6) is 3.55. The molecule has 2 atom stereocenters. The van der Waals surface area contributed by atoms with Crippen LogP contribution in [0.5, 0.6) is 0 Å². The van der Waals surface area contributed by atoms with Crippen LogP contribution >= 0.6 is 0 Å². The summed E-state index contributed by atoms with van der Waals surface area (Å²) in [6, 6.07) is 0. The highest BCUT2D eigenvalue weighted by atomic mass is 32.2. The van der Waals surface area contributed by atoms with Gasteiger partial charge in [0, 0.05) is 0 Å². The van der Waals surface area contributed by atoms with Crippen LogP contribution in [-0.4, -0.2) is 43.3 Å². The van der Waals surface area contributed by atoms with Crippen LogP contribution < -0.4 is 0 Å². The summed E-state index contributed by atoms with van der Waals surface area (Å²) in [7, 11) is -4.81. The SMILES string of the molecule is O=COS(=O)(=O)C(F)C(O)C#CCO. The van der Waals surface area contributed by atoms with Gasteiger partial charge in [0.1, 0.15) is 6.61 Å². The molecular weight excluding hydrogens is 219 g/mol. The smallest absolute Gasteiger partial charge is 0.347 e. The molecule has 0 aromatic rings. The number of rotatable bonds is 4. The van der Waals surface area contributed by atoms with Gasteiger partial charge in [0.2, 0.25) is 0 Å². The third kappa shape index (κ3) is 3.69. The second-order valence-electron chi connectivity index (χ2n) is 1.96. The van der Waals surface area contributed by atoms with E-state index in [2.05, 4.69) is 4.18 Å². The zero-order valence-electron chi connectivity index (χ0n) is 6.75. The number of aliphatic hydroxyl groups excluding tert-OH is 2. The van der Waals surface area contributed by atoms with Crippen molar-refractivity contribution >= 4 is 16.6 Å². The normalized spacial score (nSPS) is 14.8. The lowest BCUT2D eigenvalue weighted by molar-refractivity contribution is -0.120. The average Bonchev–Trinajstić information content (AvgIpc) is 2.12. The Morgan fingerprint density at radius 1 is 1.57 bits per heavy atom. The third-order valence-electron chi connectivity index (χ3n) is 1.03. The Balaban J connectivity index is 4.60. The number of hydrogen-bond acceptors (Lipinski definition) is 6. The van der Waals surface area contributed by atoms with Crippen LogP contribution in [0.15, 0.2) is 0 Å². The van der Waals surface area contributed by atoms with Crippen molar-refractivity contribution in [2.75, 3.05) is 6.61 Å². The van der Waals surface area contributed by atoms with Crippen molar-refractivity contribution in [3.05, 3.63) is 0 Å². The molecule has 0 saturated carbocycles. The molecule has 0 heterocycles. The molecule has 0 aliphatic heterocycles. The van der Waals surface area contributed by atoms with E-state index in [4.69, 9.17) is 10.2 Å². The summed E-state index contributed by atoms with van der Waals surface area (Å²) >= 11 is 0. The minimum atomic E-state index is -4.81. The summed E-state index contributed by atoms with van der Waals surface area (Å²) in [4.78, 5) is 9.64. The van der Waals surface area contributed by atoms with Crippen molar-refractivity contribution in [1.29, 1.82) is 0 Å². The molecule has 0 radical (unpaired) electrons. The van der Waals surface area contributed by atoms with Crippen LogP contribution in [0.3, 0.4) is 0 Å². The van der Waals surface area contributed by atoms with Gasteiger partial charge < -0.3 is 14.4 Å². The molecule has 14 heavy (non-hydrogen) atoms. The van der Waals surface area contributed by atoms with E-state index >= 15 is 0 Å². The predicted octanol–water partition coefficient (Wildman–Crippen LogP) is -1.86. The lowest BCUT2D eigenvalue weighted by Crippen LogP contribution is -2.30. The number of aliphatic hydroxyl groups is 2. The minimum Gasteiger partial charge on any atom is -0.384 e. The number of alkyl halides is 1. The fourth-order valence-electron chi connectivity index (χ4n) is 0.481. The first-order valence-electron chi connectivity index (χ1n) is 3.23. The second kappa shape index (κ2) is 5.54. The summed E-state index contributed by atoms with van der Waals surface area (Å²) in [6.07, 6.45) is -2.17. The minimum absolute atomic E-state index is 0.478. The van der Waals surface area contributed by atoms with Crippen LogP contribution in [0.2, 0.25) is 0 Å². The lowest BCUT2D eigenvalue weighted by atomic mass is 10.4. The summed E-state index contributed by atoms with van der Waals surface area (Å²) < 4.78 is 37.4. The standard InChI is InChI=1S/C6H7FO6S/c7-6(5(10)2-1-3-8)14(11,12)13-4-9/h4-6,8,10H,3H2. The Morgan fingerprint density at radius 2 is 2.14 bits per heavy atom. The highest BCUT2D eigenvalue weighted by Crippen LogP contribution is 2.09. The van der Waals surface area contributed by atoms with Gasteiger partial charge in [0.15, 0.2) is 6.10 Å². The number of hydrogen-bond donors (Lipinski definition) is 2. The van der Waals surface area contributed by atoms with Crippen LogP contribution in [0.25, 0.3) is 0 Å². The number of carbonyl (C=O) groups excluding carboxylic acids is 1. The van der Waals surface area contributed by atoms with Crippen molar-refractivity contribution in [3.63, 3.8) is 0 Å². The average molecular weight is 226 g/mol. The molecule has 0 saturated heterocycles. The van der Waals surface area contributed by atoms with Crippen LogP contribution in [-0.2, 0) is 19.1 Å². The zero-order valence-corrected chi connectivity index (χ0v) is 7.57. The maximum absolute atomic E-state index is 12.8. The van der Waals surface area contributed by atoms with E-state index in [1.54, 1.807) is 5.92 Å². The first kappa shape index (κ1) is 12.8. The Bertz CT molecular complexity index is 339. The molecule has 0 bridgehead atoms. The predicted molar refractivity (Wildman–Crippen MR) is 41.8 cm³/mol. The number of halogens is 1. The Kier molecular flexibility index (Phi) is 5.07. The monoisotopic (exact) mass is 226 g/mol. The third-order valence-corrected chi connectivity index (χ3v) is 2.18. The molecule has 0 aromatic heterocycles. The van der Waals surface area contributed by atoms with E-state index in [0.29, 0.717) is 0 Å². The van der Waals surface area contributed by atoms with Crippen LogP contribution in [0.1, 0.15) is 0 Å². The van der Waals surface area contributed by atoms with Gasteiger partial charge in [-0.25, -0.2) is 4.39 Å². The molecule has 8 heteroatoms. The summed E-state index contributed by atoms with van der Waals surface area (Å²) in [5.41, 5.74) is -2.85. The van der Waals surface area contributed by atoms with Gasteiger partial charge in [-0.15, -0.1) is 0 Å². The van der Waals surface area contributed by atoms with Crippen molar-refractivity contribution in [2.45, 2.75) is 11.6 Å². The second-order valence-corrected chi connectivity index (χ2v) is 3.59. The van der Waals surface area contributed by atoms with Crippen LogP contribution in [0, 0.1) is 11.8 Å². The van der Waals surface area contributed by atoms with E-state index in [1.807, 2.05) is 5.92 Å². The van der Waals surface area contributed by atoms with Gasteiger partial charge in [-0.2, -0.15) is 8.42 Å². The first-order valence-corrected chi connectivity index (χ1v) is 4.70. The summed E-state index contributed by atoms with van der Waals surface area (Å²) in [6.45, 7) is -1.13. The quantitative estimate of drug-likeness (QED) is 0.331. The Hall–Kier alpha value is -1.17. The Labute approximate surface area is 79.4 Å². The molecule has 0 amide bonds. The van der Waals surface area contributed by atoms with E-state index in [0.717, 1.165) is 0 Å². The van der Waals surface area contributed by atoms with Crippen molar-refractivity contribution in [1.82, 2.24) is 0 Å². The van der Waals surface area contributed by atoms with Crippen molar-refractivity contribution in [3.8, 4) is 11.8 Å². The van der Waals surface area contributed by atoms with Gasteiger partial charge in [-0.1, -0.05) is 11.8 Å². The maximum atomic E-state index is 12.8.